The van der Waals surface area contributed by atoms with Crippen molar-refractivity contribution < 1.29 is 5.48 Å². The Bertz CT molecular complexity index is 28.5. The molecular weight excluding hydrogens is 112 g/mol. The predicted molar refractivity (Wildman–Crippen MR) is 40.5 cm³/mol. The molecule has 0 aromatic rings. The van der Waals surface area contributed by atoms with Crippen molar-refractivity contribution in [2.75, 3.05) is 0 Å². The van der Waals surface area contributed by atoms with Crippen molar-refractivity contribution in [2.24, 2.45) is 0 Å². The van der Waals surface area contributed by atoms with E-state index in [9.17, 15) is 0 Å². The number of rotatable bonds is 0. The highest BCUT2D eigenvalue weighted by Gasteiger charge is 1.95. The molecule has 2 N–H and O–H groups in total. The van der Waals surface area contributed by atoms with Gasteiger partial charge in [-0.25, -0.2) is 0 Å². The van der Waals surface area contributed by atoms with E-state index in [0.717, 1.165) is 0 Å². The molecule has 1 nitrogen and oxygen atoms in total. The fourth-order valence-corrected chi connectivity index (χ4v) is 1.41. The molecule has 0 saturated heterocycles. The first-order chi connectivity index (χ1) is 4.00. The highest BCUT2D eigenvalue weighted by Crippen LogP contribution is 2.15. The van der Waals surface area contributed by atoms with Gasteiger partial charge in [0.05, 0.1) is 0 Å². The zero-order valence-corrected chi connectivity index (χ0v) is 6.16. The number of hydrogen-bond acceptors (Lipinski definition) is 0. The lowest BCUT2D eigenvalue weighted by Crippen LogP contribution is -1.85. The maximum atomic E-state index is 1.50. The second-order valence-corrected chi connectivity index (χ2v) is 2.83. The average molecular weight is 130 g/mol. The van der Waals surface area contributed by atoms with Crippen LogP contribution in [0.15, 0.2) is 0 Å². The van der Waals surface area contributed by atoms with Crippen LogP contribution in [0, 0.1) is 0 Å². The highest BCUT2D eigenvalue weighted by atomic mass is 16.0. The molecule has 0 amide bonds. The van der Waals surface area contributed by atoms with E-state index in [4.69, 9.17) is 0 Å². The Morgan fingerprint density at radius 1 is 0.333 bits per heavy atom. The molecule has 0 atom stereocenters. The monoisotopic (exact) mass is 130 g/mol. The third kappa shape index (κ3) is 4.46. The summed E-state index contributed by atoms with van der Waals surface area (Å²) in [6.07, 6.45) is 12.0. The lowest BCUT2D eigenvalue weighted by atomic mass is 10.0. The zero-order chi connectivity index (χ0) is 5.66. The Morgan fingerprint density at radius 2 is 0.444 bits per heavy atom. The van der Waals surface area contributed by atoms with E-state index in [1.807, 2.05) is 0 Å². The summed E-state index contributed by atoms with van der Waals surface area (Å²) in [5.41, 5.74) is 0. The minimum atomic E-state index is 0. The maximum Gasteiger partial charge on any atom is -0.0533 e. The van der Waals surface area contributed by atoms with Crippen molar-refractivity contribution in [3.8, 4) is 0 Å². The minimum absolute atomic E-state index is 0. The van der Waals surface area contributed by atoms with Crippen LogP contribution in [0.3, 0.4) is 0 Å². The van der Waals surface area contributed by atoms with Crippen molar-refractivity contribution in [3.63, 3.8) is 0 Å². The molecule has 1 saturated carbocycles. The van der Waals surface area contributed by atoms with Crippen LogP contribution in [0.5, 0.6) is 0 Å². The van der Waals surface area contributed by atoms with Crippen molar-refractivity contribution >= 4 is 0 Å². The van der Waals surface area contributed by atoms with E-state index in [1.54, 1.807) is 0 Å². The predicted octanol–water partition coefficient (Wildman–Crippen LogP) is 2.30. The van der Waals surface area contributed by atoms with Gasteiger partial charge in [-0.1, -0.05) is 51.4 Å². The van der Waals surface area contributed by atoms with Crippen LogP contribution in [0.4, 0.5) is 0 Å². The van der Waals surface area contributed by atoms with Crippen molar-refractivity contribution in [1.82, 2.24) is 0 Å². The molecule has 1 fully saturated rings. The second kappa shape index (κ2) is 6.09. The molecule has 1 rings (SSSR count). The summed E-state index contributed by atoms with van der Waals surface area (Å²) in [6.45, 7) is 0. The van der Waals surface area contributed by atoms with Crippen LogP contribution in [0.25, 0.3) is 0 Å². The van der Waals surface area contributed by atoms with Crippen LogP contribution >= 0.6 is 0 Å². The van der Waals surface area contributed by atoms with Gasteiger partial charge < -0.3 is 5.48 Å². The van der Waals surface area contributed by atoms with Crippen LogP contribution in [0.1, 0.15) is 51.4 Å². The van der Waals surface area contributed by atoms with Crippen LogP contribution in [0.2, 0.25) is 0 Å². The molecule has 0 radical (unpaired) electrons. The van der Waals surface area contributed by atoms with Crippen molar-refractivity contribution in [2.45, 2.75) is 51.4 Å². The molecule has 1 aliphatic carbocycles. The fraction of sp³-hybridized carbons (Fsp3) is 1.00. The van der Waals surface area contributed by atoms with E-state index >= 15 is 0 Å². The standard InChI is InChI=1S/C8H16.H2O/c1-2-4-6-8-7-5-3-1;/h1-8H2;1H2. The molecule has 1 aliphatic rings. The molecular formula is C8H18O. The van der Waals surface area contributed by atoms with E-state index < -0.39 is 0 Å². The van der Waals surface area contributed by atoms with Gasteiger partial charge in [-0.2, -0.15) is 0 Å². The Morgan fingerprint density at radius 3 is 0.556 bits per heavy atom. The lowest BCUT2D eigenvalue weighted by Gasteiger charge is -2.05. The van der Waals surface area contributed by atoms with Gasteiger partial charge in [-0.05, 0) is 0 Å². The lowest BCUT2D eigenvalue weighted by molar-refractivity contribution is 0.504. The molecule has 9 heavy (non-hydrogen) atoms. The first-order valence-corrected chi connectivity index (χ1v) is 4.00. The minimum Gasteiger partial charge on any atom is -0.412 e. The van der Waals surface area contributed by atoms with Gasteiger partial charge in [0.1, 0.15) is 0 Å². The quantitative estimate of drug-likeness (QED) is 0.482. The first kappa shape index (κ1) is 8.96. The van der Waals surface area contributed by atoms with Gasteiger partial charge in [0.25, 0.3) is 0 Å². The number of hydrogen-bond donors (Lipinski definition) is 0. The third-order valence-electron chi connectivity index (χ3n) is 2.00. The average Bonchev–Trinajstić information content (AvgIpc) is 1.62. The maximum absolute atomic E-state index is 1.50. The van der Waals surface area contributed by atoms with Gasteiger partial charge >= 0.3 is 0 Å². The van der Waals surface area contributed by atoms with E-state index in [1.165, 1.54) is 51.4 Å². The molecule has 0 aliphatic heterocycles. The van der Waals surface area contributed by atoms with Gasteiger partial charge in [0, 0.05) is 0 Å². The summed E-state index contributed by atoms with van der Waals surface area (Å²) in [5.74, 6) is 0. The van der Waals surface area contributed by atoms with Crippen LogP contribution in [-0.2, 0) is 0 Å². The fourth-order valence-electron chi connectivity index (χ4n) is 1.41. The molecule has 1 heteroatoms. The second-order valence-electron chi connectivity index (χ2n) is 2.83. The molecule has 0 bridgehead atoms. The summed E-state index contributed by atoms with van der Waals surface area (Å²) in [4.78, 5) is 0. The Labute approximate surface area is 57.8 Å². The Hall–Kier alpha value is -0.0400. The Kier molecular flexibility index (Phi) is 6.06. The zero-order valence-electron chi connectivity index (χ0n) is 6.16. The summed E-state index contributed by atoms with van der Waals surface area (Å²) >= 11 is 0. The summed E-state index contributed by atoms with van der Waals surface area (Å²) < 4.78 is 0. The van der Waals surface area contributed by atoms with E-state index in [2.05, 4.69) is 0 Å². The van der Waals surface area contributed by atoms with Crippen LogP contribution in [-0.4, -0.2) is 5.48 Å². The van der Waals surface area contributed by atoms with Gasteiger partial charge in [0.15, 0.2) is 0 Å². The topological polar surface area (TPSA) is 31.5 Å². The van der Waals surface area contributed by atoms with E-state index in [-0.39, 0.29) is 5.48 Å². The molecule has 0 aromatic carbocycles. The summed E-state index contributed by atoms with van der Waals surface area (Å²) in [6, 6.07) is 0. The van der Waals surface area contributed by atoms with Gasteiger partial charge in [-0.15, -0.1) is 0 Å². The third-order valence-corrected chi connectivity index (χ3v) is 2.00. The first-order valence-electron chi connectivity index (χ1n) is 4.00. The van der Waals surface area contributed by atoms with Gasteiger partial charge in [-0.3, -0.25) is 0 Å². The largest absolute Gasteiger partial charge is 0.412 e. The molecule has 0 spiro atoms. The smallest absolute Gasteiger partial charge is 0.0533 e. The highest BCUT2D eigenvalue weighted by molar-refractivity contribution is 4.51. The van der Waals surface area contributed by atoms with Crippen molar-refractivity contribution in [1.29, 1.82) is 0 Å². The summed E-state index contributed by atoms with van der Waals surface area (Å²) in [5, 5.41) is 0. The van der Waals surface area contributed by atoms with Gasteiger partial charge in [0.2, 0.25) is 0 Å². The van der Waals surface area contributed by atoms with Crippen LogP contribution < -0.4 is 0 Å². The van der Waals surface area contributed by atoms with E-state index in [0.29, 0.717) is 0 Å². The molecule has 0 heterocycles. The molecule has 0 aromatic heterocycles. The Balaban J connectivity index is 0.000000640. The van der Waals surface area contributed by atoms with Crippen molar-refractivity contribution in [3.05, 3.63) is 0 Å². The molecule has 0 unspecified atom stereocenters. The summed E-state index contributed by atoms with van der Waals surface area (Å²) in [7, 11) is 0. The normalized spacial score (nSPS) is 21.3. The SMILES string of the molecule is C1CCCCCCC1.O. The molecule has 56 valence electrons.